The zero-order valence-electron chi connectivity index (χ0n) is 15.8. The van der Waals surface area contributed by atoms with Crippen LogP contribution in [0.15, 0.2) is 43.0 Å². The van der Waals surface area contributed by atoms with Crippen LogP contribution in [0.5, 0.6) is 0 Å². The first-order valence-corrected chi connectivity index (χ1v) is 9.38. The predicted molar refractivity (Wildman–Crippen MR) is 106 cm³/mol. The number of nitrogens with zero attached hydrogens (tertiary/aromatic N) is 5. The number of fused-ring (bicyclic) bond motifs is 2. The highest BCUT2D eigenvalue weighted by atomic mass is 16.1. The highest BCUT2D eigenvalue weighted by Gasteiger charge is 2.24. The summed E-state index contributed by atoms with van der Waals surface area (Å²) in [5.41, 5.74) is 3.33. The van der Waals surface area contributed by atoms with Crippen LogP contribution in [0.1, 0.15) is 35.4 Å². The number of hydrogen-bond acceptors (Lipinski definition) is 5. The van der Waals surface area contributed by atoms with Gasteiger partial charge in [-0.15, -0.1) is 0 Å². The molecule has 1 saturated heterocycles. The Morgan fingerprint density at radius 1 is 1.29 bits per heavy atom. The Hall–Kier alpha value is -3.26. The van der Waals surface area contributed by atoms with Crippen molar-refractivity contribution in [2.75, 3.05) is 11.9 Å². The molecular formula is C20H21N7O. The standard InChI is InChI=1S/C20H21N7O/c1-12-5-15(21-7-12)16-10-27-11-18(22-9-19(27)24-16)25-20(28)13-3-4-17-14(6-13)8-23-26(17)2/h3-4,6,8-12,15,21H,5,7H2,1-2H3,(H,25,28)/t12?,15-/m1/s1. The highest BCUT2D eigenvalue weighted by molar-refractivity contribution is 6.05. The molecule has 28 heavy (non-hydrogen) atoms. The van der Waals surface area contributed by atoms with Crippen molar-refractivity contribution in [2.24, 2.45) is 13.0 Å². The molecule has 4 heterocycles. The normalized spacial score (nSPS) is 19.5. The summed E-state index contributed by atoms with van der Waals surface area (Å²) in [4.78, 5) is 21.6. The van der Waals surface area contributed by atoms with E-state index in [0.29, 0.717) is 17.3 Å². The Bertz CT molecular complexity index is 1190. The van der Waals surface area contributed by atoms with Gasteiger partial charge in [0.2, 0.25) is 0 Å². The lowest BCUT2D eigenvalue weighted by Crippen LogP contribution is -2.13. The van der Waals surface area contributed by atoms with Crippen LogP contribution >= 0.6 is 0 Å². The quantitative estimate of drug-likeness (QED) is 0.574. The molecule has 0 bridgehead atoms. The molecule has 2 N–H and O–H groups in total. The molecule has 1 unspecified atom stereocenters. The smallest absolute Gasteiger partial charge is 0.256 e. The van der Waals surface area contributed by atoms with E-state index in [-0.39, 0.29) is 11.9 Å². The van der Waals surface area contributed by atoms with Gasteiger partial charge >= 0.3 is 0 Å². The second kappa shape index (κ2) is 6.42. The van der Waals surface area contributed by atoms with Gasteiger partial charge in [-0.1, -0.05) is 6.92 Å². The topological polar surface area (TPSA) is 89.1 Å². The lowest BCUT2D eigenvalue weighted by atomic mass is 10.1. The zero-order valence-corrected chi connectivity index (χ0v) is 15.8. The fourth-order valence-electron chi connectivity index (χ4n) is 3.78. The summed E-state index contributed by atoms with van der Waals surface area (Å²) < 4.78 is 3.69. The monoisotopic (exact) mass is 375 g/mol. The van der Waals surface area contributed by atoms with E-state index >= 15 is 0 Å². The van der Waals surface area contributed by atoms with Crippen molar-refractivity contribution in [1.82, 2.24) is 29.5 Å². The van der Waals surface area contributed by atoms with Gasteiger partial charge in [-0.2, -0.15) is 5.10 Å². The lowest BCUT2D eigenvalue weighted by Gasteiger charge is -2.05. The molecule has 2 atom stereocenters. The summed E-state index contributed by atoms with van der Waals surface area (Å²) in [5, 5.41) is 11.5. The molecule has 1 aliphatic heterocycles. The van der Waals surface area contributed by atoms with Crippen molar-refractivity contribution in [2.45, 2.75) is 19.4 Å². The predicted octanol–water partition coefficient (Wildman–Crippen LogP) is 2.54. The minimum absolute atomic E-state index is 0.204. The number of amides is 1. The Labute approximate surface area is 161 Å². The van der Waals surface area contributed by atoms with Gasteiger partial charge in [0.15, 0.2) is 5.65 Å². The number of aromatic nitrogens is 5. The number of hydrogen-bond donors (Lipinski definition) is 2. The minimum Gasteiger partial charge on any atom is -0.308 e. The summed E-state index contributed by atoms with van der Waals surface area (Å²) in [5.74, 6) is 0.935. The van der Waals surface area contributed by atoms with Crippen molar-refractivity contribution >= 4 is 28.3 Å². The molecule has 4 aromatic rings. The van der Waals surface area contributed by atoms with E-state index in [4.69, 9.17) is 0 Å². The first-order chi connectivity index (χ1) is 13.6. The van der Waals surface area contributed by atoms with Gasteiger partial charge in [-0.05, 0) is 37.1 Å². The fourth-order valence-corrected chi connectivity index (χ4v) is 3.78. The molecule has 1 amide bonds. The second-order valence-electron chi connectivity index (χ2n) is 7.50. The SMILES string of the molecule is CC1CN[C@@H](c2cn3cc(NC(=O)c4ccc5c(cnn5C)c4)ncc3n2)C1. The molecule has 0 saturated carbocycles. The molecular weight excluding hydrogens is 354 g/mol. The second-order valence-corrected chi connectivity index (χ2v) is 7.50. The molecule has 1 aromatic carbocycles. The zero-order chi connectivity index (χ0) is 19.3. The van der Waals surface area contributed by atoms with E-state index < -0.39 is 0 Å². The van der Waals surface area contributed by atoms with Gasteiger partial charge in [0.1, 0.15) is 5.82 Å². The van der Waals surface area contributed by atoms with Crippen LogP contribution in [0.2, 0.25) is 0 Å². The molecule has 5 rings (SSSR count). The molecule has 1 aliphatic rings. The molecule has 0 radical (unpaired) electrons. The molecule has 8 nitrogen and oxygen atoms in total. The summed E-state index contributed by atoms with van der Waals surface area (Å²) in [7, 11) is 1.88. The van der Waals surface area contributed by atoms with E-state index in [1.807, 2.05) is 29.8 Å². The van der Waals surface area contributed by atoms with Crippen LogP contribution < -0.4 is 10.6 Å². The van der Waals surface area contributed by atoms with E-state index in [2.05, 4.69) is 32.6 Å². The van der Waals surface area contributed by atoms with Crippen molar-refractivity contribution in [3.8, 4) is 0 Å². The maximum absolute atomic E-state index is 12.6. The maximum atomic E-state index is 12.6. The van der Waals surface area contributed by atoms with Crippen molar-refractivity contribution in [3.63, 3.8) is 0 Å². The van der Waals surface area contributed by atoms with Gasteiger partial charge in [-0.25, -0.2) is 9.97 Å². The van der Waals surface area contributed by atoms with Crippen LogP contribution in [0.25, 0.3) is 16.6 Å². The summed E-state index contributed by atoms with van der Waals surface area (Å²) in [6.45, 7) is 3.25. The van der Waals surface area contributed by atoms with Crippen LogP contribution in [0, 0.1) is 5.92 Å². The van der Waals surface area contributed by atoms with Crippen LogP contribution in [0.3, 0.4) is 0 Å². The van der Waals surface area contributed by atoms with E-state index in [1.54, 1.807) is 29.3 Å². The number of aryl methyl sites for hydroxylation is 1. The minimum atomic E-state index is -0.204. The van der Waals surface area contributed by atoms with E-state index in [1.165, 1.54) is 0 Å². The third kappa shape index (κ3) is 2.91. The summed E-state index contributed by atoms with van der Waals surface area (Å²) in [6, 6.07) is 5.80. The van der Waals surface area contributed by atoms with E-state index in [9.17, 15) is 4.79 Å². The molecule has 3 aromatic heterocycles. The van der Waals surface area contributed by atoms with Gasteiger partial charge < -0.3 is 15.0 Å². The number of imidazole rings is 1. The fraction of sp³-hybridized carbons (Fsp3) is 0.300. The number of carbonyl (C=O) groups excluding carboxylic acids is 1. The first-order valence-electron chi connectivity index (χ1n) is 9.38. The van der Waals surface area contributed by atoms with E-state index in [0.717, 1.165) is 35.2 Å². The number of carbonyl (C=O) groups is 1. The van der Waals surface area contributed by atoms with Gasteiger partial charge in [0, 0.05) is 24.2 Å². The summed E-state index contributed by atoms with van der Waals surface area (Å²) >= 11 is 0. The Morgan fingerprint density at radius 3 is 3.00 bits per heavy atom. The average Bonchev–Trinajstić information content (AvgIpc) is 3.39. The largest absolute Gasteiger partial charge is 0.308 e. The van der Waals surface area contributed by atoms with Crippen LogP contribution in [-0.2, 0) is 7.05 Å². The number of benzene rings is 1. The average molecular weight is 375 g/mol. The van der Waals surface area contributed by atoms with Crippen molar-refractivity contribution < 1.29 is 4.79 Å². The maximum Gasteiger partial charge on any atom is 0.256 e. The number of nitrogens with one attached hydrogen (secondary N) is 2. The first kappa shape index (κ1) is 16.9. The van der Waals surface area contributed by atoms with Crippen LogP contribution in [0.4, 0.5) is 5.82 Å². The van der Waals surface area contributed by atoms with Gasteiger partial charge in [0.05, 0.1) is 35.8 Å². The molecule has 0 spiro atoms. The van der Waals surface area contributed by atoms with Crippen LogP contribution in [-0.4, -0.2) is 36.6 Å². The number of anilines is 1. The Balaban J connectivity index is 1.38. The Kier molecular flexibility index (Phi) is 3.87. The van der Waals surface area contributed by atoms with Gasteiger partial charge in [0.25, 0.3) is 5.91 Å². The molecule has 1 fully saturated rings. The molecule has 142 valence electrons. The Morgan fingerprint density at radius 2 is 2.18 bits per heavy atom. The third-order valence-corrected chi connectivity index (χ3v) is 5.32. The van der Waals surface area contributed by atoms with Crippen molar-refractivity contribution in [1.29, 1.82) is 0 Å². The molecule has 0 aliphatic carbocycles. The number of rotatable bonds is 3. The van der Waals surface area contributed by atoms with Gasteiger partial charge in [-0.3, -0.25) is 9.48 Å². The highest BCUT2D eigenvalue weighted by Crippen LogP contribution is 2.26. The molecule has 8 heteroatoms. The lowest BCUT2D eigenvalue weighted by molar-refractivity contribution is 0.102. The third-order valence-electron chi connectivity index (χ3n) is 5.32. The summed E-state index contributed by atoms with van der Waals surface area (Å²) in [6.07, 6.45) is 8.32. The van der Waals surface area contributed by atoms with Crippen molar-refractivity contribution in [3.05, 3.63) is 54.2 Å².